The Balaban J connectivity index is 1.64. The minimum atomic E-state index is 0.384. The standard InChI is InChI=1S/C19H17N5O2/c1-13-17(21-23-24(13)12-14-8-4-3-5-9-14)18-20-19(26-22-18)15-10-6-7-11-16(15)25-2/h3-11H,12H2,1-2H3. The highest BCUT2D eigenvalue weighted by molar-refractivity contribution is 5.64. The van der Waals surface area contributed by atoms with Crippen LogP contribution in [0, 0.1) is 6.92 Å². The lowest BCUT2D eigenvalue weighted by Gasteiger charge is -2.03. The van der Waals surface area contributed by atoms with Gasteiger partial charge in [0.05, 0.1) is 24.9 Å². The van der Waals surface area contributed by atoms with Crippen LogP contribution in [0.4, 0.5) is 0 Å². The van der Waals surface area contributed by atoms with E-state index in [-0.39, 0.29) is 0 Å². The van der Waals surface area contributed by atoms with Crippen molar-refractivity contribution in [2.75, 3.05) is 7.11 Å². The minimum absolute atomic E-state index is 0.384. The largest absolute Gasteiger partial charge is 0.496 e. The molecule has 4 rings (SSSR count). The van der Waals surface area contributed by atoms with Crippen LogP contribution < -0.4 is 4.74 Å². The van der Waals surface area contributed by atoms with Crippen LogP contribution in [0.2, 0.25) is 0 Å². The molecule has 2 aromatic heterocycles. The van der Waals surface area contributed by atoms with Crippen molar-refractivity contribution in [1.29, 1.82) is 0 Å². The summed E-state index contributed by atoms with van der Waals surface area (Å²) in [4.78, 5) is 4.47. The van der Waals surface area contributed by atoms with Crippen molar-refractivity contribution in [3.8, 4) is 28.7 Å². The molecule has 0 fully saturated rings. The highest BCUT2D eigenvalue weighted by atomic mass is 16.5. The molecule has 0 N–H and O–H groups in total. The lowest BCUT2D eigenvalue weighted by atomic mass is 10.2. The van der Waals surface area contributed by atoms with Gasteiger partial charge < -0.3 is 9.26 Å². The molecule has 0 atom stereocenters. The number of methoxy groups -OCH3 is 1. The zero-order chi connectivity index (χ0) is 17.9. The SMILES string of the molecule is COc1ccccc1-c1nc(-c2nnn(Cc3ccccc3)c2C)no1. The number of hydrogen-bond donors (Lipinski definition) is 0. The maximum absolute atomic E-state index is 5.41. The Morgan fingerprint density at radius 3 is 2.62 bits per heavy atom. The number of aromatic nitrogens is 5. The predicted octanol–water partition coefficient (Wildman–Crippen LogP) is 3.36. The predicted molar refractivity (Wildman–Crippen MR) is 95.6 cm³/mol. The number of hydrogen-bond acceptors (Lipinski definition) is 6. The van der Waals surface area contributed by atoms with Gasteiger partial charge in [-0.05, 0) is 24.6 Å². The second-order valence-corrected chi connectivity index (χ2v) is 5.79. The molecule has 0 aliphatic heterocycles. The Labute approximate surface area is 150 Å². The summed E-state index contributed by atoms with van der Waals surface area (Å²) in [6.07, 6.45) is 0. The Kier molecular flexibility index (Phi) is 4.18. The molecule has 0 saturated carbocycles. The van der Waals surface area contributed by atoms with Gasteiger partial charge in [0.1, 0.15) is 5.75 Å². The molecule has 0 saturated heterocycles. The van der Waals surface area contributed by atoms with Crippen molar-refractivity contribution >= 4 is 0 Å². The molecule has 0 amide bonds. The monoisotopic (exact) mass is 347 g/mol. The number of ether oxygens (including phenoxy) is 1. The molecule has 0 radical (unpaired) electrons. The Hall–Kier alpha value is -3.48. The van der Waals surface area contributed by atoms with Crippen LogP contribution in [0.3, 0.4) is 0 Å². The van der Waals surface area contributed by atoms with Crippen molar-refractivity contribution in [2.45, 2.75) is 13.5 Å². The van der Waals surface area contributed by atoms with Crippen LogP contribution in [0.1, 0.15) is 11.3 Å². The first-order chi connectivity index (χ1) is 12.8. The van der Waals surface area contributed by atoms with Gasteiger partial charge in [-0.2, -0.15) is 4.98 Å². The number of para-hydroxylation sites is 1. The highest BCUT2D eigenvalue weighted by Gasteiger charge is 2.19. The van der Waals surface area contributed by atoms with Crippen molar-refractivity contribution in [1.82, 2.24) is 25.1 Å². The van der Waals surface area contributed by atoms with Gasteiger partial charge in [-0.1, -0.05) is 52.8 Å². The van der Waals surface area contributed by atoms with E-state index in [0.29, 0.717) is 29.7 Å². The Morgan fingerprint density at radius 2 is 1.81 bits per heavy atom. The lowest BCUT2D eigenvalue weighted by Crippen LogP contribution is -2.03. The van der Waals surface area contributed by atoms with Crippen molar-refractivity contribution in [2.24, 2.45) is 0 Å². The summed E-state index contributed by atoms with van der Waals surface area (Å²) in [5.41, 5.74) is 3.37. The van der Waals surface area contributed by atoms with Gasteiger partial charge in [-0.3, -0.25) is 0 Å². The Bertz CT molecular complexity index is 1020. The molecule has 26 heavy (non-hydrogen) atoms. The molecule has 0 aliphatic carbocycles. The van der Waals surface area contributed by atoms with E-state index >= 15 is 0 Å². The average Bonchev–Trinajstić information content (AvgIpc) is 3.30. The van der Waals surface area contributed by atoms with E-state index in [1.807, 2.05) is 54.1 Å². The third-order valence-corrected chi connectivity index (χ3v) is 4.13. The number of rotatable bonds is 5. The number of benzene rings is 2. The van der Waals surface area contributed by atoms with Gasteiger partial charge in [0, 0.05) is 0 Å². The van der Waals surface area contributed by atoms with Gasteiger partial charge in [-0.15, -0.1) is 5.10 Å². The number of nitrogens with zero attached hydrogens (tertiary/aromatic N) is 5. The first kappa shape index (κ1) is 16.0. The van der Waals surface area contributed by atoms with Crippen LogP contribution in [0.5, 0.6) is 5.75 Å². The summed E-state index contributed by atoms with van der Waals surface area (Å²) in [5.74, 6) is 1.46. The van der Waals surface area contributed by atoms with Gasteiger partial charge >= 0.3 is 0 Å². The van der Waals surface area contributed by atoms with Crippen molar-refractivity contribution in [3.63, 3.8) is 0 Å². The molecule has 0 aliphatic rings. The molecule has 2 aromatic carbocycles. The molecule has 7 heteroatoms. The third-order valence-electron chi connectivity index (χ3n) is 4.13. The van der Waals surface area contributed by atoms with E-state index in [1.165, 1.54) is 0 Å². The van der Waals surface area contributed by atoms with Gasteiger partial charge in [0.2, 0.25) is 5.82 Å². The van der Waals surface area contributed by atoms with Crippen molar-refractivity contribution in [3.05, 3.63) is 65.9 Å². The maximum atomic E-state index is 5.41. The van der Waals surface area contributed by atoms with Gasteiger partial charge in [-0.25, -0.2) is 4.68 Å². The van der Waals surface area contributed by atoms with Crippen LogP contribution in [0.25, 0.3) is 23.0 Å². The summed E-state index contributed by atoms with van der Waals surface area (Å²) < 4.78 is 12.6. The van der Waals surface area contributed by atoms with Gasteiger partial charge in [0.25, 0.3) is 5.89 Å². The molecule has 2 heterocycles. The molecule has 0 unspecified atom stereocenters. The normalized spacial score (nSPS) is 10.8. The van der Waals surface area contributed by atoms with Crippen molar-refractivity contribution < 1.29 is 9.26 Å². The summed E-state index contributed by atoms with van der Waals surface area (Å²) in [5, 5.41) is 12.5. The fourth-order valence-corrected chi connectivity index (χ4v) is 2.72. The van der Waals surface area contributed by atoms with E-state index in [0.717, 1.165) is 16.8 Å². The topological polar surface area (TPSA) is 78.9 Å². The second kappa shape index (κ2) is 6.79. The van der Waals surface area contributed by atoms with Crippen LogP contribution in [0.15, 0.2) is 59.1 Å². The van der Waals surface area contributed by atoms with E-state index in [2.05, 4.69) is 32.6 Å². The summed E-state index contributed by atoms with van der Waals surface area (Å²) >= 11 is 0. The maximum Gasteiger partial charge on any atom is 0.262 e. The lowest BCUT2D eigenvalue weighted by molar-refractivity contribution is 0.405. The van der Waals surface area contributed by atoms with Crippen LogP contribution in [-0.2, 0) is 6.54 Å². The third kappa shape index (κ3) is 2.95. The fourth-order valence-electron chi connectivity index (χ4n) is 2.72. The zero-order valence-corrected chi connectivity index (χ0v) is 14.5. The van der Waals surface area contributed by atoms with E-state index in [4.69, 9.17) is 9.26 Å². The van der Waals surface area contributed by atoms with E-state index in [9.17, 15) is 0 Å². The van der Waals surface area contributed by atoms with E-state index < -0.39 is 0 Å². The molecular weight excluding hydrogens is 330 g/mol. The minimum Gasteiger partial charge on any atom is -0.496 e. The molecular formula is C19H17N5O2. The van der Waals surface area contributed by atoms with Crippen LogP contribution in [-0.4, -0.2) is 32.2 Å². The summed E-state index contributed by atoms with van der Waals surface area (Å²) in [6.45, 7) is 2.58. The van der Waals surface area contributed by atoms with E-state index in [1.54, 1.807) is 7.11 Å². The summed E-state index contributed by atoms with van der Waals surface area (Å²) in [6, 6.07) is 17.6. The highest BCUT2D eigenvalue weighted by Crippen LogP contribution is 2.29. The molecule has 4 aromatic rings. The quantitative estimate of drug-likeness (QED) is 0.551. The zero-order valence-electron chi connectivity index (χ0n) is 14.5. The average molecular weight is 347 g/mol. The first-order valence-electron chi connectivity index (χ1n) is 8.17. The molecule has 0 bridgehead atoms. The molecule has 7 nitrogen and oxygen atoms in total. The summed E-state index contributed by atoms with van der Waals surface area (Å²) in [7, 11) is 1.61. The smallest absolute Gasteiger partial charge is 0.262 e. The molecule has 0 spiro atoms. The second-order valence-electron chi connectivity index (χ2n) is 5.79. The van der Waals surface area contributed by atoms with Gasteiger partial charge in [0.15, 0.2) is 5.69 Å². The molecule has 130 valence electrons. The first-order valence-corrected chi connectivity index (χ1v) is 8.17. The fraction of sp³-hybridized carbons (Fsp3) is 0.158. The van der Waals surface area contributed by atoms with Crippen LogP contribution >= 0.6 is 0 Å². The Morgan fingerprint density at radius 1 is 1.04 bits per heavy atom.